The summed E-state index contributed by atoms with van der Waals surface area (Å²) < 4.78 is 9.65. The van der Waals surface area contributed by atoms with E-state index in [0.717, 1.165) is 31.6 Å². The molecular weight excluding hydrogens is 260 g/mol. The highest BCUT2D eigenvalue weighted by molar-refractivity contribution is 5.88. The first-order chi connectivity index (χ1) is 9.54. The normalized spacial score (nSPS) is 22.3. The molecule has 0 aliphatic heterocycles. The van der Waals surface area contributed by atoms with Gasteiger partial charge in [-0.3, -0.25) is 4.79 Å². The van der Waals surface area contributed by atoms with E-state index in [2.05, 4.69) is 17.4 Å². The lowest BCUT2D eigenvalue weighted by atomic mass is 9.87. The highest BCUT2D eigenvalue weighted by Crippen LogP contribution is 2.23. The van der Waals surface area contributed by atoms with Crippen molar-refractivity contribution in [1.82, 2.24) is 10.5 Å². The number of amides is 1. The molecule has 0 saturated heterocycles. The Morgan fingerprint density at radius 2 is 2.10 bits per heavy atom. The van der Waals surface area contributed by atoms with Gasteiger partial charge in [-0.2, -0.15) is 0 Å². The molecule has 1 aliphatic carbocycles. The van der Waals surface area contributed by atoms with Gasteiger partial charge in [0, 0.05) is 12.1 Å². The van der Waals surface area contributed by atoms with Crippen LogP contribution in [0.2, 0.25) is 0 Å². The number of carbonyl (C=O) groups excluding carboxylic acids is 2. The van der Waals surface area contributed by atoms with E-state index >= 15 is 0 Å². The number of hydrogen-bond acceptors (Lipinski definition) is 5. The third kappa shape index (κ3) is 4.08. The topological polar surface area (TPSA) is 81.4 Å². The molecule has 1 heterocycles. The van der Waals surface area contributed by atoms with Crippen molar-refractivity contribution in [3.05, 3.63) is 17.5 Å². The molecule has 0 bridgehead atoms. The minimum atomic E-state index is -0.669. The number of carbonyl (C=O) groups is 2. The zero-order chi connectivity index (χ0) is 14.5. The van der Waals surface area contributed by atoms with Gasteiger partial charge in [-0.05, 0) is 38.5 Å². The quantitative estimate of drug-likeness (QED) is 0.851. The minimum absolute atomic E-state index is 0.0155. The van der Waals surface area contributed by atoms with Crippen LogP contribution in [-0.4, -0.2) is 29.7 Å². The van der Waals surface area contributed by atoms with Crippen molar-refractivity contribution >= 4 is 11.9 Å². The van der Waals surface area contributed by atoms with Crippen molar-refractivity contribution in [1.29, 1.82) is 0 Å². The second kappa shape index (κ2) is 6.54. The number of aromatic nitrogens is 1. The highest BCUT2D eigenvalue weighted by atomic mass is 16.6. The predicted octanol–water partition coefficient (Wildman–Crippen LogP) is 1.83. The molecule has 0 unspecified atom stereocenters. The molecule has 0 spiro atoms. The van der Waals surface area contributed by atoms with Gasteiger partial charge in [0.2, 0.25) is 5.76 Å². The Kier molecular flexibility index (Phi) is 4.76. The van der Waals surface area contributed by atoms with Gasteiger partial charge < -0.3 is 14.6 Å². The minimum Gasteiger partial charge on any atom is -0.450 e. The van der Waals surface area contributed by atoms with E-state index in [1.807, 2.05) is 0 Å². The first-order valence-corrected chi connectivity index (χ1v) is 6.94. The maximum absolute atomic E-state index is 11.7. The lowest BCUT2D eigenvalue weighted by Crippen LogP contribution is -2.39. The van der Waals surface area contributed by atoms with Crippen molar-refractivity contribution in [2.75, 3.05) is 6.61 Å². The number of hydrogen-bond donors (Lipinski definition) is 1. The largest absolute Gasteiger partial charge is 0.450 e. The van der Waals surface area contributed by atoms with E-state index in [-0.39, 0.29) is 24.3 Å². The average molecular weight is 280 g/mol. The molecule has 2 rings (SSSR count). The smallest absolute Gasteiger partial charge is 0.377 e. The molecule has 20 heavy (non-hydrogen) atoms. The van der Waals surface area contributed by atoms with Crippen LogP contribution in [0, 0.1) is 12.8 Å². The Hall–Kier alpha value is -1.85. The van der Waals surface area contributed by atoms with E-state index in [1.165, 1.54) is 6.07 Å². The summed E-state index contributed by atoms with van der Waals surface area (Å²) in [6.45, 7) is 3.64. The lowest BCUT2D eigenvalue weighted by Gasteiger charge is -2.26. The molecule has 0 aromatic carbocycles. The van der Waals surface area contributed by atoms with Crippen LogP contribution in [0.3, 0.4) is 0 Å². The number of ether oxygens (including phenoxy) is 1. The second-order valence-corrected chi connectivity index (χ2v) is 5.43. The van der Waals surface area contributed by atoms with Crippen LogP contribution in [0.4, 0.5) is 0 Å². The molecule has 6 heteroatoms. The first-order valence-electron chi connectivity index (χ1n) is 6.94. The Balaban J connectivity index is 1.71. The van der Waals surface area contributed by atoms with Gasteiger partial charge in [0.15, 0.2) is 6.61 Å². The zero-order valence-electron chi connectivity index (χ0n) is 11.8. The molecule has 1 amide bonds. The summed E-state index contributed by atoms with van der Waals surface area (Å²) in [6, 6.07) is 1.67. The maximum Gasteiger partial charge on any atom is 0.377 e. The van der Waals surface area contributed by atoms with Crippen molar-refractivity contribution in [2.24, 2.45) is 5.92 Å². The van der Waals surface area contributed by atoms with Crippen molar-refractivity contribution in [2.45, 2.75) is 45.6 Å². The standard InChI is InChI=1S/C14H20N2O4/c1-9-3-5-11(6-4-9)15-13(17)8-19-14(18)12-7-10(2)16-20-12/h7,9,11H,3-6,8H2,1-2H3,(H,15,17). The van der Waals surface area contributed by atoms with Gasteiger partial charge in [0.1, 0.15) is 0 Å². The van der Waals surface area contributed by atoms with Crippen LogP contribution in [0.25, 0.3) is 0 Å². The fourth-order valence-corrected chi connectivity index (χ4v) is 2.34. The van der Waals surface area contributed by atoms with Gasteiger partial charge in [0.25, 0.3) is 5.91 Å². The molecule has 1 aliphatic rings. The highest BCUT2D eigenvalue weighted by Gasteiger charge is 2.21. The lowest BCUT2D eigenvalue weighted by molar-refractivity contribution is -0.125. The van der Waals surface area contributed by atoms with Gasteiger partial charge in [-0.1, -0.05) is 12.1 Å². The Morgan fingerprint density at radius 3 is 2.70 bits per heavy atom. The Labute approximate surface area is 117 Å². The fourth-order valence-electron chi connectivity index (χ4n) is 2.34. The molecule has 1 saturated carbocycles. The number of rotatable bonds is 4. The molecule has 1 aromatic heterocycles. The molecule has 1 fully saturated rings. The van der Waals surface area contributed by atoms with Crippen LogP contribution >= 0.6 is 0 Å². The number of aryl methyl sites for hydroxylation is 1. The van der Waals surface area contributed by atoms with E-state index in [4.69, 9.17) is 9.26 Å². The third-order valence-electron chi connectivity index (χ3n) is 3.54. The second-order valence-electron chi connectivity index (χ2n) is 5.43. The number of esters is 1. The molecule has 0 atom stereocenters. The summed E-state index contributed by atoms with van der Waals surface area (Å²) in [7, 11) is 0. The summed E-state index contributed by atoms with van der Waals surface area (Å²) in [6.07, 6.45) is 4.23. The van der Waals surface area contributed by atoms with Crippen LogP contribution in [0.5, 0.6) is 0 Å². The zero-order valence-corrected chi connectivity index (χ0v) is 11.8. The maximum atomic E-state index is 11.7. The molecule has 1 N–H and O–H groups in total. The fraction of sp³-hybridized carbons (Fsp3) is 0.643. The van der Waals surface area contributed by atoms with E-state index in [0.29, 0.717) is 5.69 Å². The molecule has 1 aromatic rings. The SMILES string of the molecule is Cc1cc(C(=O)OCC(=O)NC2CCC(C)CC2)on1. The molecule has 6 nitrogen and oxygen atoms in total. The van der Waals surface area contributed by atoms with Crippen molar-refractivity contribution in [3.63, 3.8) is 0 Å². The third-order valence-corrected chi connectivity index (χ3v) is 3.54. The summed E-state index contributed by atoms with van der Waals surface area (Å²) in [5, 5.41) is 6.48. The van der Waals surface area contributed by atoms with Crippen LogP contribution in [0.15, 0.2) is 10.6 Å². The molecular formula is C14H20N2O4. The first kappa shape index (κ1) is 14.6. The summed E-state index contributed by atoms with van der Waals surface area (Å²) in [5.74, 6) is -0.190. The summed E-state index contributed by atoms with van der Waals surface area (Å²) >= 11 is 0. The monoisotopic (exact) mass is 280 g/mol. The van der Waals surface area contributed by atoms with E-state index in [9.17, 15) is 9.59 Å². The number of nitrogens with one attached hydrogen (secondary N) is 1. The number of nitrogens with zero attached hydrogens (tertiary/aromatic N) is 1. The van der Waals surface area contributed by atoms with Crippen molar-refractivity contribution < 1.29 is 18.8 Å². The summed E-state index contributed by atoms with van der Waals surface area (Å²) in [4.78, 5) is 23.3. The van der Waals surface area contributed by atoms with Gasteiger partial charge in [-0.25, -0.2) is 4.79 Å². The van der Waals surface area contributed by atoms with Crippen LogP contribution < -0.4 is 5.32 Å². The van der Waals surface area contributed by atoms with Gasteiger partial charge in [-0.15, -0.1) is 0 Å². The van der Waals surface area contributed by atoms with E-state index in [1.54, 1.807) is 6.92 Å². The van der Waals surface area contributed by atoms with Crippen LogP contribution in [0.1, 0.15) is 48.9 Å². The van der Waals surface area contributed by atoms with Gasteiger partial charge in [0.05, 0.1) is 5.69 Å². The Bertz CT molecular complexity index is 475. The van der Waals surface area contributed by atoms with Gasteiger partial charge >= 0.3 is 5.97 Å². The molecule has 110 valence electrons. The predicted molar refractivity (Wildman–Crippen MR) is 71.1 cm³/mol. The average Bonchev–Trinajstić information content (AvgIpc) is 2.85. The van der Waals surface area contributed by atoms with E-state index < -0.39 is 5.97 Å². The Morgan fingerprint density at radius 1 is 1.40 bits per heavy atom. The molecule has 0 radical (unpaired) electrons. The van der Waals surface area contributed by atoms with Crippen molar-refractivity contribution in [3.8, 4) is 0 Å². The van der Waals surface area contributed by atoms with Crippen LogP contribution in [-0.2, 0) is 9.53 Å². The summed E-state index contributed by atoms with van der Waals surface area (Å²) in [5.41, 5.74) is 0.595.